The van der Waals surface area contributed by atoms with E-state index in [1.807, 2.05) is 43.3 Å². The van der Waals surface area contributed by atoms with E-state index in [1.165, 1.54) is 4.88 Å². The average Bonchev–Trinajstić information content (AvgIpc) is 3.01. The minimum atomic E-state index is 0.656. The molecular formula is C21H18ClN3OS. The number of benzene rings is 2. The Morgan fingerprint density at radius 2 is 1.78 bits per heavy atom. The number of fused-ring (bicyclic) bond motifs is 1. The Bertz CT molecular complexity index is 1080. The number of halogens is 1. The van der Waals surface area contributed by atoms with Gasteiger partial charge in [-0.3, -0.25) is 0 Å². The first-order valence-electron chi connectivity index (χ1n) is 8.65. The van der Waals surface area contributed by atoms with Gasteiger partial charge in [-0.15, -0.1) is 11.3 Å². The first kappa shape index (κ1) is 17.8. The molecule has 2 heterocycles. The summed E-state index contributed by atoms with van der Waals surface area (Å²) in [7, 11) is 0. The molecule has 0 aliphatic rings. The molecule has 0 saturated carbocycles. The highest BCUT2D eigenvalue weighted by molar-refractivity contribution is 7.19. The minimum Gasteiger partial charge on any atom is -0.494 e. The number of aryl methyl sites for hydroxylation is 1. The molecule has 0 radical (unpaired) electrons. The van der Waals surface area contributed by atoms with Gasteiger partial charge < -0.3 is 10.1 Å². The quantitative estimate of drug-likeness (QED) is 0.421. The van der Waals surface area contributed by atoms with Crippen molar-refractivity contribution in [3.05, 3.63) is 64.8 Å². The predicted octanol–water partition coefficient (Wildman–Crippen LogP) is 6.46. The van der Waals surface area contributed by atoms with Crippen molar-refractivity contribution in [3.8, 4) is 16.9 Å². The highest BCUT2D eigenvalue weighted by atomic mass is 35.5. The van der Waals surface area contributed by atoms with E-state index in [-0.39, 0.29) is 0 Å². The number of hydrogen-bond acceptors (Lipinski definition) is 5. The standard InChI is InChI=1S/C21H18ClN3OS/c1-3-26-17-10-4-14(5-11-17)18-13(2)27-21-19(18)20(23-12-24-21)25-16-8-6-15(22)7-9-16/h4-12H,3H2,1-2H3,(H,23,24,25). The predicted molar refractivity (Wildman–Crippen MR) is 113 cm³/mol. The Labute approximate surface area is 166 Å². The zero-order chi connectivity index (χ0) is 18.8. The average molecular weight is 396 g/mol. The van der Waals surface area contributed by atoms with Gasteiger partial charge in [-0.2, -0.15) is 0 Å². The second kappa shape index (κ2) is 7.55. The van der Waals surface area contributed by atoms with Crippen LogP contribution in [0, 0.1) is 6.92 Å². The summed E-state index contributed by atoms with van der Waals surface area (Å²) in [6.45, 7) is 4.75. The van der Waals surface area contributed by atoms with E-state index in [0.717, 1.165) is 38.6 Å². The number of nitrogens with zero attached hydrogens (tertiary/aromatic N) is 2. The molecule has 0 aliphatic carbocycles. The summed E-state index contributed by atoms with van der Waals surface area (Å²) in [5, 5.41) is 5.13. The van der Waals surface area contributed by atoms with Crippen LogP contribution >= 0.6 is 22.9 Å². The number of ether oxygens (including phenoxy) is 1. The number of anilines is 2. The topological polar surface area (TPSA) is 47.0 Å². The van der Waals surface area contributed by atoms with E-state index in [9.17, 15) is 0 Å². The summed E-state index contributed by atoms with van der Waals surface area (Å²) in [6, 6.07) is 15.7. The van der Waals surface area contributed by atoms with Crippen LogP contribution in [0.5, 0.6) is 5.75 Å². The maximum Gasteiger partial charge on any atom is 0.143 e. The van der Waals surface area contributed by atoms with Crippen molar-refractivity contribution in [2.24, 2.45) is 0 Å². The SMILES string of the molecule is CCOc1ccc(-c2c(C)sc3ncnc(Nc4ccc(Cl)cc4)c23)cc1. The molecule has 0 atom stereocenters. The molecule has 2 aromatic carbocycles. The second-order valence-electron chi connectivity index (χ2n) is 6.02. The lowest BCUT2D eigenvalue weighted by Crippen LogP contribution is -1.95. The molecule has 0 fully saturated rings. The first-order chi connectivity index (χ1) is 13.2. The molecule has 6 heteroatoms. The van der Waals surface area contributed by atoms with Gasteiger partial charge in [0.2, 0.25) is 0 Å². The van der Waals surface area contributed by atoms with E-state index in [0.29, 0.717) is 11.6 Å². The number of nitrogens with one attached hydrogen (secondary N) is 1. The molecule has 0 spiro atoms. The molecule has 136 valence electrons. The van der Waals surface area contributed by atoms with Crippen LogP contribution < -0.4 is 10.1 Å². The van der Waals surface area contributed by atoms with Gasteiger partial charge in [-0.25, -0.2) is 9.97 Å². The summed E-state index contributed by atoms with van der Waals surface area (Å²) in [6.07, 6.45) is 1.60. The molecular weight excluding hydrogens is 378 g/mol. The molecule has 4 aromatic rings. The third-order valence-corrected chi connectivity index (χ3v) is 5.49. The summed E-state index contributed by atoms with van der Waals surface area (Å²) >= 11 is 7.66. The first-order valence-corrected chi connectivity index (χ1v) is 9.85. The normalized spacial score (nSPS) is 10.9. The second-order valence-corrected chi connectivity index (χ2v) is 7.66. The lowest BCUT2D eigenvalue weighted by Gasteiger charge is -2.10. The molecule has 4 rings (SSSR count). The van der Waals surface area contributed by atoms with Gasteiger partial charge >= 0.3 is 0 Å². The largest absolute Gasteiger partial charge is 0.494 e. The van der Waals surface area contributed by atoms with Crippen molar-refractivity contribution in [1.29, 1.82) is 0 Å². The molecule has 0 amide bonds. The van der Waals surface area contributed by atoms with Crippen molar-refractivity contribution < 1.29 is 4.74 Å². The molecule has 0 saturated heterocycles. The minimum absolute atomic E-state index is 0.656. The fourth-order valence-electron chi connectivity index (χ4n) is 3.04. The van der Waals surface area contributed by atoms with Gasteiger partial charge in [0.25, 0.3) is 0 Å². The van der Waals surface area contributed by atoms with Gasteiger partial charge in [-0.1, -0.05) is 23.7 Å². The van der Waals surface area contributed by atoms with Gasteiger partial charge in [0.15, 0.2) is 0 Å². The van der Waals surface area contributed by atoms with E-state index in [2.05, 4.69) is 34.3 Å². The highest BCUT2D eigenvalue weighted by Crippen LogP contribution is 2.41. The monoisotopic (exact) mass is 395 g/mol. The fraction of sp³-hybridized carbons (Fsp3) is 0.143. The van der Waals surface area contributed by atoms with Crippen molar-refractivity contribution in [3.63, 3.8) is 0 Å². The van der Waals surface area contributed by atoms with Crippen LogP contribution in [0.1, 0.15) is 11.8 Å². The number of rotatable bonds is 5. The Kier molecular flexibility index (Phi) is 4.97. The Hall–Kier alpha value is -2.63. The van der Waals surface area contributed by atoms with Gasteiger partial charge in [0.05, 0.1) is 12.0 Å². The lowest BCUT2D eigenvalue weighted by atomic mass is 10.0. The van der Waals surface area contributed by atoms with Crippen LogP contribution in [-0.2, 0) is 0 Å². The summed E-state index contributed by atoms with van der Waals surface area (Å²) in [4.78, 5) is 11.1. The van der Waals surface area contributed by atoms with Gasteiger partial charge in [-0.05, 0) is 55.8 Å². The van der Waals surface area contributed by atoms with E-state index in [4.69, 9.17) is 16.3 Å². The zero-order valence-corrected chi connectivity index (χ0v) is 16.6. The van der Waals surface area contributed by atoms with Crippen LogP contribution in [0.2, 0.25) is 5.02 Å². The van der Waals surface area contributed by atoms with Crippen LogP contribution in [0.3, 0.4) is 0 Å². The third-order valence-electron chi connectivity index (χ3n) is 4.23. The van der Waals surface area contributed by atoms with E-state index >= 15 is 0 Å². The Morgan fingerprint density at radius 1 is 1.04 bits per heavy atom. The summed E-state index contributed by atoms with van der Waals surface area (Å²) in [5.41, 5.74) is 3.20. The molecule has 0 aliphatic heterocycles. The summed E-state index contributed by atoms with van der Waals surface area (Å²) < 4.78 is 5.56. The maximum atomic E-state index is 5.99. The molecule has 4 nitrogen and oxygen atoms in total. The summed E-state index contributed by atoms with van der Waals surface area (Å²) in [5.74, 6) is 1.66. The molecule has 0 unspecified atom stereocenters. The van der Waals surface area contributed by atoms with E-state index < -0.39 is 0 Å². The zero-order valence-electron chi connectivity index (χ0n) is 15.0. The lowest BCUT2D eigenvalue weighted by molar-refractivity contribution is 0.340. The third kappa shape index (κ3) is 3.61. The smallest absolute Gasteiger partial charge is 0.143 e. The molecule has 2 aromatic heterocycles. The maximum absolute atomic E-state index is 5.99. The number of thiophene rings is 1. The Balaban J connectivity index is 1.80. The van der Waals surface area contributed by atoms with Crippen molar-refractivity contribution in [2.45, 2.75) is 13.8 Å². The van der Waals surface area contributed by atoms with Crippen LogP contribution in [0.4, 0.5) is 11.5 Å². The van der Waals surface area contributed by atoms with Crippen molar-refractivity contribution >= 4 is 44.7 Å². The fourth-order valence-corrected chi connectivity index (χ4v) is 4.18. The number of hydrogen-bond donors (Lipinski definition) is 1. The van der Waals surface area contributed by atoms with Gasteiger partial charge in [0, 0.05) is 21.2 Å². The molecule has 1 N–H and O–H groups in total. The Morgan fingerprint density at radius 3 is 2.48 bits per heavy atom. The highest BCUT2D eigenvalue weighted by Gasteiger charge is 2.17. The number of aromatic nitrogens is 2. The van der Waals surface area contributed by atoms with Crippen LogP contribution in [-0.4, -0.2) is 16.6 Å². The van der Waals surface area contributed by atoms with Crippen molar-refractivity contribution in [1.82, 2.24) is 9.97 Å². The molecule has 27 heavy (non-hydrogen) atoms. The molecule has 0 bridgehead atoms. The van der Waals surface area contributed by atoms with Crippen LogP contribution in [0.15, 0.2) is 54.9 Å². The van der Waals surface area contributed by atoms with Gasteiger partial charge in [0.1, 0.15) is 22.7 Å². The van der Waals surface area contributed by atoms with E-state index in [1.54, 1.807) is 17.7 Å². The van der Waals surface area contributed by atoms with Crippen LogP contribution in [0.25, 0.3) is 21.3 Å². The van der Waals surface area contributed by atoms with Crippen molar-refractivity contribution in [2.75, 3.05) is 11.9 Å².